The smallest absolute Gasteiger partial charge is 0.352 e. The van der Waals surface area contributed by atoms with Crippen molar-refractivity contribution in [2.75, 3.05) is 7.11 Å². The molecule has 0 aromatic carbocycles. The summed E-state index contributed by atoms with van der Waals surface area (Å²) >= 11 is 0. The second-order valence-corrected chi connectivity index (χ2v) is 3.12. The van der Waals surface area contributed by atoms with Crippen LogP contribution in [0.5, 0.6) is 5.88 Å². The first-order chi connectivity index (χ1) is 7.06. The number of methoxy groups -OCH3 is 1. The van der Waals surface area contributed by atoms with Crippen LogP contribution in [0.1, 0.15) is 12.6 Å². The van der Waals surface area contributed by atoms with Crippen molar-refractivity contribution < 1.29 is 9.66 Å². The number of aromatic nitrogens is 2. The van der Waals surface area contributed by atoms with Gasteiger partial charge < -0.3 is 10.5 Å². The van der Waals surface area contributed by atoms with Crippen LogP contribution in [-0.4, -0.2) is 28.0 Å². The molecule has 0 aliphatic carbocycles. The van der Waals surface area contributed by atoms with E-state index in [9.17, 15) is 10.1 Å². The van der Waals surface area contributed by atoms with Crippen molar-refractivity contribution in [1.29, 1.82) is 0 Å². The van der Waals surface area contributed by atoms with Crippen LogP contribution >= 0.6 is 0 Å². The fourth-order valence-corrected chi connectivity index (χ4v) is 1.18. The van der Waals surface area contributed by atoms with Crippen molar-refractivity contribution in [3.63, 3.8) is 0 Å². The maximum Gasteiger partial charge on any atom is 0.352 e. The summed E-state index contributed by atoms with van der Waals surface area (Å²) in [5.41, 5.74) is 5.64. The number of nitrogens with two attached hydrogens (primary N) is 1. The third-order valence-electron chi connectivity index (χ3n) is 1.76. The molecule has 0 amide bonds. The quantitative estimate of drug-likeness (QED) is 0.567. The third kappa shape index (κ3) is 2.59. The van der Waals surface area contributed by atoms with Crippen LogP contribution in [0.3, 0.4) is 0 Å². The Balaban J connectivity index is 3.19. The molecule has 0 fully saturated rings. The lowest BCUT2D eigenvalue weighted by molar-refractivity contribution is -0.387. The summed E-state index contributed by atoms with van der Waals surface area (Å²) in [6.45, 7) is 1.75. The summed E-state index contributed by atoms with van der Waals surface area (Å²) in [4.78, 5) is 17.7. The Bertz CT molecular complexity index is 367. The average molecular weight is 212 g/mol. The van der Waals surface area contributed by atoms with Crippen molar-refractivity contribution in [1.82, 2.24) is 9.97 Å². The van der Waals surface area contributed by atoms with Crippen LogP contribution < -0.4 is 10.5 Å². The standard InChI is InChI=1S/C8H12N4O3/c1-5(9)3-6-7(12(13)14)8(15-2)11-4-10-6/h4-5H,3,9H2,1-2H3. The molecule has 1 unspecified atom stereocenters. The fourth-order valence-electron chi connectivity index (χ4n) is 1.18. The van der Waals surface area contributed by atoms with Gasteiger partial charge in [0.25, 0.3) is 5.88 Å². The van der Waals surface area contributed by atoms with E-state index in [0.717, 1.165) is 0 Å². The van der Waals surface area contributed by atoms with Crippen LogP contribution in [0.2, 0.25) is 0 Å². The molecule has 0 saturated carbocycles. The fraction of sp³-hybridized carbons (Fsp3) is 0.500. The SMILES string of the molecule is COc1ncnc(CC(C)N)c1[N+](=O)[O-]. The highest BCUT2D eigenvalue weighted by Crippen LogP contribution is 2.26. The monoisotopic (exact) mass is 212 g/mol. The molecule has 7 nitrogen and oxygen atoms in total. The summed E-state index contributed by atoms with van der Waals surface area (Å²) < 4.78 is 4.80. The molecule has 0 radical (unpaired) electrons. The van der Waals surface area contributed by atoms with E-state index in [1.54, 1.807) is 6.92 Å². The number of rotatable bonds is 4. The Labute approximate surface area is 86.4 Å². The molecule has 0 saturated heterocycles. The van der Waals surface area contributed by atoms with Gasteiger partial charge >= 0.3 is 5.69 Å². The van der Waals surface area contributed by atoms with E-state index < -0.39 is 4.92 Å². The number of hydrogen-bond donors (Lipinski definition) is 1. The van der Waals surface area contributed by atoms with Crippen molar-refractivity contribution in [3.8, 4) is 5.88 Å². The molecule has 1 rings (SSSR count). The topological polar surface area (TPSA) is 104 Å². The Morgan fingerprint density at radius 2 is 2.33 bits per heavy atom. The van der Waals surface area contributed by atoms with Gasteiger partial charge in [-0.2, -0.15) is 4.98 Å². The van der Waals surface area contributed by atoms with Crippen molar-refractivity contribution in [2.45, 2.75) is 19.4 Å². The minimum Gasteiger partial charge on any atom is -0.476 e. The van der Waals surface area contributed by atoms with E-state index in [4.69, 9.17) is 10.5 Å². The molecule has 1 atom stereocenters. The zero-order chi connectivity index (χ0) is 11.4. The van der Waals surface area contributed by atoms with E-state index >= 15 is 0 Å². The molecule has 0 spiro atoms. The van der Waals surface area contributed by atoms with E-state index in [1.165, 1.54) is 13.4 Å². The summed E-state index contributed by atoms with van der Waals surface area (Å²) in [6.07, 6.45) is 1.54. The van der Waals surface area contributed by atoms with Crippen LogP contribution in [0, 0.1) is 10.1 Å². The van der Waals surface area contributed by atoms with Crippen molar-refractivity contribution >= 4 is 5.69 Å². The van der Waals surface area contributed by atoms with Gasteiger partial charge in [0.05, 0.1) is 12.0 Å². The van der Waals surface area contributed by atoms with Gasteiger partial charge in [-0.15, -0.1) is 0 Å². The Kier molecular flexibility index (Phi) is 3.51. The predicted molar refractivity (Wildman–Crippen MR) is 52.6 cm³/mol. The van der Waals surface area contributed by atoms with Gasteiger partial charge in [0.2, 0.25) is 0 Å². The Morgan fingerprint density at radius 1 is 1.67 bits per heavy atom. The number of nitrogens with zero attached hydrogens (tertiary/aromatic N) is 3. The molecule has 2 N–H and O–H groups in total. The molecule has 0 bridgehead atoms. The molecule has 7 heteroatoms. The van der Waals surface area contributed by atoms with E-state index in [1.807, 2.05) is 0 Å². The first kappa shape index (κ1) is 11.3. The molecule has 1 heterocycles. The van der Waals surface area contributed by atoms with Gasteiger partial charge in [0, 0.05) is 12.5 Å². The molecule has 15 heavy (non-hydrogen) atoms. The minimum absolute atomic E-state index is 0.0364. The Hall–Kier alpha value is -1.76. The first-order valence-corrected chi connectivity index (χ1v) is 4.34. The molecular formula is C8H12N4O3. The number of ether oxygens (including phenoxy) is 1. The largest absolute Gasteiger partial charge is 0.476 e. The second-order valence-electron chi connectivity index (χ2n) is 3.12. The second kappa shape index (κ2) is 4.65. The van der Waals surface area contributed by atoms with Gasteiger partial charge in [-0.3, -0.25) is 10.1 Å². The van der Waals surface area contributed by atoms with Crippen LogP contribution in [0.15, 0.2) is 6.33 Å². The Morgan fingerprint density at radius 3 is 2.80 bits per heavy atom. The van der Waals surface area contributed by atoms with Crippen molar-refractivity contribution in [3.05, 3.63) is 22.1 Å². The molecule has 1 aromatic heterocycles. The van der Waals surface area contributed by atoms with Crippen molar-refractivity contribution in [2.24, 2.45) is 5.73 Å². The summed E-state index contributed by atoms with van der Waals surface area (Å²) in [7, 11) is 1.32. The highest BCUT2D eigenvalue weighted by molar-refractivity contribution is 5.44. The molecule has 1 aromatic rings. The van der Waals surface area contributed by atoms with E-state index in [2.05, 4.69) is 9.97 Å². The normalized spacial score (nSPS) is 12.2. The van der Waals surface area contributed by atoms with Gasteiger partial charge in [-0.25, -0.2) is 4.98 Å². The highest BCUT2D eigenvalue weighted by atomic mass is 16.6. The summed E-state index contributed by atoms with van der Waals surface area (Å²) in [6, 6.07) is -0.205. The lowest BCUT2D eigenvalue weighted by Gasteiger charge is -2.06. The average Bonchev–Trinajstić information content (AvgIpc) is 2.15. The zero-order valence-electron chi connectivity index (χ0n) is 8.51. The molecule has 0 aliphatic heterocycles. The summed E-state index contributed by atoms with van der Waals surface area (Å²) in [5, 5.41) is 10.8. The molecule has 0 aliphatic rings. The maximum atomic E-state index is 10.8. The van der Waals surface area contributed by atoms with Gasteiger partial charge in [0.15, 0.2) is 0 Å². The number of hydrogen-bond acceptors (Lipinski definition) is 6. The third-order valence-corrected chi connectivity index (χ3v) is 1.76. The minimum atomic E-state index is -0.559. The lowest BCUT2D eigenvalue weighted by atomic mass is 10.1. The zero-order valence-corrected chi connectivity index (χ0v) is 8.51. The molecular weight excluding hydrogens is 200 g/mol. The van der Waals surface area contributed by atoms with Crippen LogP contribution in [0.25, 0.3) is 0 Å². The summed E-state index contributed by atoms with van der Waals surface area (Å²) in [5.74, 6) is -0.0364. The van der Waals surface area contributed by atoms with Gasteiger partial charge in [0.1, 0.15) is 12.0 Å². The predicted octanol–water partition coefficient (Wildman–Crippen LogP) is 0.283. The highest BCUT2D eigenvalue weighted by Gasteiger charge is 2.23. The van der Waals surface area contributed by atoms with Gasteiger partial charge in [-0.05, 0) is 6.92 Å². The van der Waals surface area contributed by atoms with E-state index in [0.29, 0.717) is 12.1 Å². The van der Waals surface area contributed by atoms with Gasteiger partial charge in [-0.1, -0.05) is 0 Å². The van der Waals surface area contributed by atoms with Crippen LogP contribution in [-0.2, 0) is 6.42 Å². The first-order valence-electron chi connectivity index (χ1n) is 4.34. The number of nitro groups is 1. The lowest BCUT2D eigenvalue weighted by Crippen LogP contribution is -2.19. The van der Waals surface area contributed by atoms with Crippen LogP contribution in [0.4, 0.5) is 5.69 Å². The van der Waals surface area contributed by atoms with E-state index in [-0.39, 0.29) is 17.6 Å². The maximum absolute atomic E-state index is 10.8. The molecule has 82 valence electrons.